The maximum absolute atomic E-state index is 12.2. The van der Waals surface area contributed by atoms with Gasteiger partial charge in [0.1, 0.15) is 5.75 Å². The van der Waals surface area contributed by atoms with Crippen LogP contribution < -0.4 is 10.1 Å². The molecule has 0 aliphatic carbocycles. The van der Waals surface area contributed by atoms with E-state index in [1.54, 1.807) is 12.1 Å². The highest BCUT2D eigenvalue weighted by atomic mass is 32.2. The summed E-state index contributed by atoms with van der Waals surface area (Å²) in [6.07, 6.45) is 0. The topological polar surface area (TPSA) is 102 Å². The predicted molar refractivity (Wildman–Crippen MR) is 118 cm³/mol. The molecule has 8 nitrogen and oxygen atoms in total. The van der Waals surface area contributed by atoms with E-state index in [2.05, 4.69) is 19.2 Å². The summed E-state index contributed by atoms with van der Waals surface area (Å²) in [6, 6.07) is 11.4. The molecule has 0 fully saturated rings. The van der Waals surface area contributed by atoms with Gasteiger partial charge in [0.2, 0.25) is 10.0 Å². The fourth-order valence-corrected chi connectivity index (χ4v) is 3.81. The molecule has 0 saturated heterocycles. The van der Waals surface area contributed by atoms with Gasteiger partial charge in [-0.05, 0) is 54.3 Å². The van der Waals surface area contributed by atoms with Crippen LogP contribution in [-0.4, -0.2) is 51.9 Å². The molecule has 0 unspecified atom stereocenters. The van der Waals surface area contributed by atoms with E-state index < -0.39 is 28.5 Å². The second kappa shape index (κ2) is 10.4. The molecule has 31 heavy (non-hydrogen) atoms. The van der Waals surface area contributed by atoms with Crippen LogP contribution in [0.3, 0.4) is 0 Å². The Hall–Kier alpha value is -2.91. The number of hydrogen-bond acceptors (Lipinski definition) is 6. The zero-order chi connectivity index (χ0) is 23.2. The van der Waals surface area contributed by atoms with E-state index in [1.165, 1.54) is 37.9 Å². The van der Waals surface area contributed by atoms with Crippen molar-refractivity contribution >= 4 is 27.6 Å². The Morgan fingerprint density at radius 2 is 1.77 bits per heavy atom. The lowest BCUT2D eigenvalue weighted by Gasteiger charge is -2.13. The summed E-state index contributed by atoms with van der Waals surface area (Å²) >= 11 is 0. The van der Waals surface area contributed by atoms with E-state index in [-0.39, 0.29) is 17.2 Å². The largest absolute Gasteiger partial charge is 0.482 e. The molecule has 2 aromatic rings. The fraction of sp³-hybridized carbons (Fsp3) is 0.364. The third-order valence-corrected chi connectivity index (χ3v) is 6.29. The van der Waals surface area contributed by atoms with E-state index in [0.717, 1.165) is 9.87 Å². The molecule has 2 aromatic carbocycles. The molecular weight excluding hydrogens is 420 g/mol. The van der Waals surface area contributed by atoms with Gasteiger partial charge in [0, 0.05) is 19.8 Å². The number of esters is 1. The number of ether oxygens (including phenoxy) is 2. The highest BCUT2D eigenvalue weighted by Gasteiger charge is 2.18. The zero-order valence-electron chi connectivity index (χ0n) is 18.3. The zero-order valence-corrected chi connectivity index (χ0v) is 19.2. The summed E-state index contributed by atoms with van der Waals surface area (Å²) in [5, 5.41) is 2.51. The second-order valence-corrected chi connectivity index (χ2v) is 9.64. The summed E-state index contributed by atoms with van der Waals surface area (Å²) in [6.45, 7) is 5.33. The van der Waals surface area contributed by atoms with Crippen molar-refractivity contribution in [3.05, 3.63) is 53.6 Å². The van der Waals surface area contributed by atoms with Gasteiger partial charge in [0.15, 0.2) is 13.2 Å². The van der Waals surface area contributed by atoms with E-state index >= 15 is 0 Å². The Labute approximate surface area is 183 Å². The summed E-state index contributed by atoms with van der Waals surface area (Å²) < 4.78 is 35.8. The molecule has 0 bridgehead atoms. The molecule has 2 rings (SSSR count). The van der Waals surface area contributed by atoms with Crippen LogP contribution in [0.2, 0.25) is 0 Å². The van der Waals surface area contributed by atoms with Crippen LogP contribution in [0.1, 0.15) is 30.9 Å². The number of anilines is 1. The Morgan fingerprint density at radius 3 is 2.39 bits per heavy atom. The monoisotopic (exact) mass is 448 g/mol. The molecule has 0 aromatic heterocycles. The molecule has 0 atom stereocenters. The van der Waals surface area contributed by atoms with Crippen molar-refractivity contribution < 1.29 is 27.5 Å². The first kappa shape index (κ1) is 24.4. The third kappa shape index (κ3) is 6.80. The summed E-state index contributed by atoms with van der Waals surface area (Å²) in [5.74, 6) is -0.349. The van der Waals surface area contributed by atoms with Crippen molar-refractivity contribution in [2.75, 3.05) is 32.6 Å². The van der Waals surface area contributed by atoms with Crippen LogP contribution in [-0.2, 0) is 24.3 Å². The molecule has 9 heteroatoms. The van der Waals surface area contributed by atoms with Gasteiger partial charge in [0.25, 0.3) is 5.91 Å². The van der Waals surface area contributed by atoms with Gasteiger partial charge < -0.3 is 14.8 Å². The lowest BCUT2D eigenvalue weighted by Crippen LogP contribution is -2.24. The van der Waals surface area contributed by atoms with Crippen LogP contribution in [0.5, 0.6) is 5.75 Å². The molecule has 0 aliphatic heterocycles. The van der Waals surface area contributed by atoms with Crippen molar-refractivity contribution in [1.82, 2.24) is 4.31 Å². The Kier molecular flexibility index (Phi) is 8.18. The highest BCUT2D eigenvalue weighted by molar-refractivity contribution is 7.89. The SMILES string of the molecule is Cc1cc(OCC(=O)OCC(=O)Nc2cccc(S(=O)(=O)N(C)C)c2)ccc1C(C)C. The Morgan fingerprint density at radius 1 is 1.06 bits per heavy atom. The van der Waals surface area contributed by atoms with Crippen LogP contribution in [0.4, 0.5) is 5.69 Å². The van der Waals surface area contributed by atoms with Gasteiger partial charge in [0.05, 0.1) is 4.90 Å². The number of sulfonamides is 1. The average Bonchev–Trinajstić information content (AvgIpc) is 2.70. The first-order chi connectivity index (χ1) is 14.5. The first-order valence-electron chi connectivity index (χ1n) is 9.72. The van der Waals surface area contributed by atoms with Gasteiger partial charge in [-0.2, -0.15) is 0 Å². The molecule has 168 valence electrons. The third-order valence-electron chi connectivity index (χ3n) is 4.48. The molecule has 1 amide bonds. The summed E-state index contributed by atoms with van der Waals surface area (Å²) in [7, 11) is -0.788. The predicted octanol–water partition coefficient (Wildman–Crippen LogP) is 2.93. The first-order valence-corrected chi connectivity index (χ1v) is 11.2. The van der Waals surface area contributed by atoms with Gasteiger partial charge >= 0.3 is 5.97 Å². The quantitative estimate of drug-likeness (QED) is 0.592. The second-order valence-electron chi connectivity index (χ2n) is 7.49. The van der Waals surface area contributed by atoms with E-state index in [1.807, 2.05) is 19.1 Å². The molecular formula is C22H28N2O6S. The molecule has 0 aliphatic rings. The van der Waals surface area contributed by atoms with Gasteiger partial charge in [-0.3, -0.25) is 4.79 Å². The van der Waals surface area contributed by atoms with E-state index in [0.29, 0.717) is 11.7 Å². The van der Waals surface area contributed by atoms with Crippen LogP contribution >= 0.6 is 0 Å². The van der Waals surface area contributed by atoms with Crippen molar-refractivity contribution in [3.63, 3.8) is 0 Å². The number of benzene rings is 2. The standard InChI is InChI=1S/C22H28N2O6S/c1-15(2)20-10-9-18(11-16(20)3)29-14-22(26)30-13-21(25)23-17-7-6-8-19(12-17)31(27,28)24(4)5/h6-12,15H,13-14H2,1-5H3,(H,23,25). The minimum Gasteiger partial charge on any atom is -0.482 e. The van der Waals surface area contributed by atoms with Crippen LogP contribution in [0.25, 0.3) is 0 Å². The number of hydrogen-bond donors (Lipinski definition) is 1. The number of nitrogens with zero attached hydrogens (tertiary/aromatic N) is 1. The average molecular weight is 449 g/mol. The number of aryl methyl sites for hydroxylation is 1. The smallest absolute Gasteiger partial charge is 0.344 e. The normalized spacial score (nSPS) is 11.5. The molecule has 0 heterocycles. The number of carbonyl (C=O) groups excluding carboxylic acids is 2. The molecule has 0 saturated carbocycles. The van der Waals surface area contributed by atoms with Crippen molar-refractivity contribution in [3.8, 4) is 5.75 Å². The van der Waals surface area contributed by atoms with Crippen LogP contribution in [0, 0.1) is 6.92 Å². The lowest BCUT2D eigenvalue weighted by atomic mass is 9.98. The number of carbonyl (C=O) groups is 2. The minimum absolute atomic E-state index is 0.0412. The number of nitrogens with one attached hydrogen (secondary N) is 1. The van der Waals surface area contributed by atoms with E-state index in [4.69, 9.17) is 9.47 Å². The molecule has 0 spiro atoms. The minimum atomic E-state index is -3.63. The maximum atomic E-state index is 12.2. The summed E-state index contributed by atoms with van der Waals surface area (Å²) in [4.78, 5) is 24.0. The van der Waals surface area contributed by atoms with Crippen molar-refractivity contribution in [2.45, 2.75) is 31.6 Å². The van der Waals surface area contributed by atoms with Crippen molar-refractivity contribution in [1.29, 1.82) is 0 Å². The highest BCUT2D eigenvalue weighted by Crippen LogP contribution is 2.23. The van der Waals surface area contributed by atoms with Gasteiger partial charge in [-0.25, -0.2) is 17.5 Å². The molecule has 1 N–H and O–H groups in total. The number of rotatable bonds is 9. The van der Waals surface area contributed by atoms with Gasteiger partial charge in [-0.1, -0.05) is 26.0 Å². The number of amides is 1. The lowest BCUT2D eigenvalue weighted by molar-refractivity contribution is -0.149. The summed E-state index contributed by atoms with van der Waals surface area (Å²) in [5.41, 5.74) is 2.55. The Balaban J connectivity index is 1.85. The molecule has 0 radical (unpaired) electrons. The fourth-order valence-electron chi connectivity index (χ4n) is 2.86. The van der Waals surface area contributed by atoms with Gasteiger partial charge in [-0.15, -0.1) is 0 Å². The maximum Gasteiger partial charge on any atom is 0.344 e. The van der Waals surface area contributed by atoms with E-state index in [9.17, 15) is 18.0 Å². The Bertz CT molecular complexity index is 1050. The van der Waals surface area contributed by atoms with Crippen LogP contribution in [0.15, 0.2) is 47.4 Å². The van der Waals surface area contributed by atoms with Crippen molar-refractivity contribution in [2.24, 2.45) is 0 Å².